The van der Waals surface area contributed by atoms with Crippen molar-refractivity contribution in [2.75, 3.05) is 6.54 Å². The number of H-pyrrole nitrogens is 1. The topological polar surface area (TPSA) is 120 Å². The number of hydrogen-bond donors (Lipinski definition) is 4. The maximum Gasteiger partial charge on any atom is 0.315 e. The van der Waals surface area contributed by atoms with Crippen LogP contribution >= 0.6 is 0 Å². The van der Waals surface area contributed by atoms with E-state index < -0.39 is 11.5 Å². The Bertz CT molecular complexity index is 456. The Kier molecular flexibility index (Phi) is 4.54. The molecule has 1 aromatic heterocycles. The second kappa shape index (κ2) is 6.36. The first-order valence-electron chi connectivity index (χ1n) is 6.72. The molecule has 8 heteroatoms. The number of rotatable bonds is 7. The highest BCUT2D eigenvalue weighted by Crippen LogP contribution is 2.34. The highest BCUT2D eigenvalue weighted by molar-refractivity contribution is 5.77. The molecule has 8 nitrogen and oxygen atoms in total. The van der Waals surface area contributed by atoms with E-state index in [0.717, 1.165) is 31.5 Å². The molecule has 0 bridgehead atoms. The molecule has 1 aliphatic rings. The van der Waals surface area contributed by atoms with E-state index in [4.69, 9.17) is 5.11 Å². The summed E-state index contributed by atoms with van der Waals surface area (Å²) in [5, 5.41) is 20.9. The van der Waals surface area contributed by atoms with Crippen molar-refractivity contribution in [1.82, 2.24) is 25.8 Å². The molecular formula is C12H19N5O3. The fraction of sp³-hybridized carbons (Fsp3) is 0.667. The Morgan fingerprint density at radius 3 is 2.80 bits per heavy atom. The van der Waals surface area contributed by atoms with E-state index in [9.17, 15) is 9.59 Å². The van der Waals surface area contributed by atoms with E-state index in [2.05, 4.69) is 25.8 Å². The molecule has 1 aliphatic carbocycles. The second-order valence-corrected chi connectivity index (χ2v) is 5.12. The van der Waals surface area contributed by atoms with Gasteiger partial charge >= 0.3 is 12.0 Å². The lowest BCUT2D eigenvalue weighted by Crippen LogP contribution is -2.57. The van der Waals surface area contributed by atoms with Crippen LogP contribution in [0.4, 0.5) is 4.79 Å². The number of carbonyl (C=O) groups excluding carboxylic acids is 1. The van der Waals surface area contributed by atoms with Crippen molar-refractivity contribution in [3.05, 3.63) is 12.2 Å². The number of urea groups is 1. The van der Waals surface area contributed by atoms with Crippen molar-refractivity contribution in [3.63, 3.8) is 0 Å². The van der Waals surface area contributed by atoms with Gasteiger partial charge in [-0.15, -0.1) is 0 Å². The number of nitrogens with one attached hydrogen (secondary N) is 3. The van der Waals surface area contributed by atoms with Gasteiger partial charge in [-0.1, -0.05) is 0 Å². The molecule has 1 saturated carbocycles. The molecule has 1 fully saturated rings. The lowest BCUT2D eigenvalue weighted by molar-refractivity contribution is -0.139. The van der Waals surface area contributed by atoms with Gasteiger partial charge in [-0.3, -0.25) is 9.89 Å². The largest absolute Gasteiger partial charge is 0.481 e. The Balaban J connectivity index is 1.65. The van der Waals surface area contributed by atoms with E-state index in [1.54, 1.807) is 0 Å². The van der Waals surface area contributed by atoms with Crippen LogP contribution in [-0.2, 0) is 11.2 Å². The quantitative estimate of drug-likeness (QED) is 0.540. The van der Waals surface area contributed by atoms with Gasteiger partial charge in [-0.25, -0.2) is 9.78 Å². The summed E-state index contributed by atoms with van der Waals surface area (Å²) in [6.07, 6.45) is 5.30. The SMILES string of the molecule is O=C(O)CC1(NC(=O)NCCCc2ncn[nH]2)CCC1. The zero-order valence-corrected chi connectivity index (χ0v) is 11.2. The number of nitrogens with zero attached hydrogens (tertiary/aromatic N) is 2. The lowest BCUT2D eigenvalue weighted by atomic mass is 9.74. The number of hydrogen-bond acceptors (Lipinski definition) is 4. The highest BCUT2D eigenvalue weighted by Gasteiger charge is 2.40. The molecule has 0 unspecified atom stereocenters. The predicted molar refractivity (Wildman–Crippen MR) is 70.1 cm³/mol. The molecule has 0 saturated heterocycles. The third kappa shape index (κ3) is 3.94. The zero-order chi connectivity index (χ0) is 14.4. The summed E-state index contributed by atoms with van der Waals surface area (Å²) in [6.45, 7) is 0.510. The molecule has 20 heavy (non-hydrogen) atoms. The number of aryl methyl sites for hydroxylation is 1. The van der Waals surface area contributed by atoms with Crippen LogP contribution in [-0.4, -0.2) is 44.4 Å². The average molecular weight is 281 g/mol. The van der Waals surface area contributed by atoms with Gasteiger partial charge in [0.15, 0.2) is 0 Å². The van der Waals surface area contributed by atoms with Crippen LogP contribution in [0.2, 0.25) is 0 Å². The van der Waals surface area contributed by atoms with E-state index >= 15 is 0 Å². The van der Waals surface area contributed by atoms with Gasteiger partial charge in [0, 0.05) is 13.0 Å². The molecule has 0 radical (unpaired) electrons. The number of amides is 2. The number of aromatic amines is 1. The summed E-state index contributed by atoms with van der Waals surface area (Å²) < 4.78 is 0. The van der Waals surface area contributed by atoms with Crippen molar-refractivity contribution >= 4 is 12.0 Å². The van der Waals surface area contributed by atoms with Crippen LogP contribution in [0, 0.1) is 0 Å². The maximum atomic E-state index is 11.7. The molecule has 4 N–H and O–H groups in total. The van der Waals surface area contributed by atoms with E-state index in [-0.39, 0.29) is 12.5 Å². The Labute approximate surface area is 116 Å². The van der Waals surface area contributed by atoms with Gasteiger partial charge in [-0.05, 0) is 25.7 Å². The minimum absolute atomic E-state index is 0.0154. The molecule has 1 heterocycles. The van der Waals surface area contributed by atoms with Crippen molar-refractivity contribution in [2.24, 2.45) is 0 Å². The summed E-state index contributed by atoms with van der Waals surface area (Å²) >= 11 is 0. The number of aromatic nitrogens is 3. The summed E-state index contributed by atoms with van der Waals surface area (Å²) in [4.78, 5) is 26.5. The molecule has 0 aliphatic heterocycles. The molecule has 0 spiro atoms. The van der Waals surface area contributed by atoms with E-state index in [0.29, 0.717) is 13.0 Å². The minimum atomic E-state index is -0.879. The van der Waals surface area contributed by atoms with Gasteiger partial charge in [0.2, 0.25) is 0 Å². The first-order valence-corrected chi connectivity index (χ1v) is 6.72. The van der Waals surface area contributed by atoms with E-state index in [1.165, 1.54) is 6.33 Å². The molecule has 1 aromatic rings. The number of aliphatic carboxylic acids is 1. The van der Waals surface area contributed by atoms with Crippen LogP contribution in [0.15, 0.2) is 6.33 Å². The lowest BCUT2D eigenvalue weighted by Gasteiger charge is -2.41. The maximum absolute atomic E-state index is 11.7. The second-order valence-electron chi connectivity index (χ2n) is 5.12. The van der Waals surface area contributed by atoms with Crippen LogP contribution < -0.4 is 10.6 Å². The van der Waals surface area contributed by atoms with Crippen LogP contribution in [0.25, 0.3) is 0 Å². The monoisotopic (exact) mass is 281 g/mol. The highest BCUT2D eigenvalue weighted by atomic mass is 16.4. The zero-order valence-electron chi connectivity index (χ0n) is 11.2. The first-order chi connectivity index (χ1) is 9.60. The van der Waals surface area contributed by atoms with Gasteiger partial charge < -0.3 is 15.7 Å². The Hall–Kier alpha value is -2.12. The van der Waals surface area contributed by atoms with Gasteiger partial charge in [0.05, 0.1) is 12.0 Å². The summed E-state index contributed by atoms with van der Waals surface area (Å²) in [6, 6.07) is -0.302. The summed E-state index contributed by atoms with van der Waals surface area (Å²) in [5.41, 5.74) is -0.555. The van der Waals surface area contributed by atoms with E-state index in [1.807, 2.05) is 0 Å². The first kappa shape index (κ1) is 14.3. The summed E-state index contributed by atoms with van der Waals surface area (Å²) in [7, 11) is 0. The molecule has 0 atom stereocenters. The molecule has 2 rings (SSSR count). The standard InChI is InChI=1S/C12H19N5O3/c18-10(19)7-12(4-2-5-12)16-11(20)13-6-1-3-9-14-8-15-17-9/h8H,1-7H2,(H,18,19)(H2,13,16,20)(H,14,15,17). The van der Waals surface area contributed by atoms with Crippen molar-refractivity contribution < 1.29 is 14.7 Å². The number of carbonyl (C=O) groups is 2. The average Bonchev–Trinajstić information content (AvgIpc) is 2.84. The molecule has 0 aromatic carbocycles. The fourth-order valence-electron chi connectivity index (χ4n) is 2.33. The normalized spacial score (nSPS) is 16.2. The minimum Gasteiger partial charge on any atom is -0.481 e. The van der Waals surface area contributed by atoms with Crippen LogP contribution in [0.5, 0.6) is 0 Å². The third-order valence-corrected chi connectivity index (χ3v) is 3.52. The van der Waals surface area contributed by atoms with Crippen LogP contribution in [0.3, 0.4) is 0 Å². The smallest absolute Gasteiger partial charge is 0.315 e. The third-order valence-electron chi connectivity index (χ3n) is 3.52. The van der Waals surface area contributed by atoms with Gasteiger partial charge in [0.1, 0.15) is 12.2 Å². The summed E-state index contributed by atoms with van der Waals surface area (Å²) in [5.74, 6) is -0.0936. The molecular weight excluding hydrogens is 262 g/mol. The predicted octanol–water partition coefficient (Wildman–Crippen LogP) is 0.434. The number of carboxylic acid groups (broad SMARTS) is 1. The van der Waals surface area contributed by atoms with Gasteiger partial charge in [-0.2, -0.15) is 5.10 Å². The number of carboxylic acids is 1. The van der Waals surface area contributed by atoms with Crippen LogP contribution in [0.1, 0.15) is 37.9 Å². The molecule has 110 valence electrons. The van der Waals surface area contributed by atoms with Crippen molar-refractivity contribution in [3.8, 4) is 0 Å². The molecule has 2 amide bonds. The van der Waals surface area contributed by atoms with Gasteiger partial charge in [0.25, 0.3) is 0 Å². The van der Waals surface area contributed by atoms with Crippen molar-refractivity contribution in [2.45, 2.75) is 44.1 Å². The Morgan fingerprint density at radius 2 is 2.25 bits per heavy atom. The van der Waals surface area contributed by atoms with Crippen molar-refractivity contribution in [1.29, 1.82) is 0 Å². The fourth-order valence-corrected chi connectivity index (χ4v) is 2.33. The Morgan fingerprint density at radius 1 is 1.45 bits per heavy atom.